The highest BCUT2D eigenvalue weighted by Crippen LogP contribution is 2.40. The van der Waals surface area contributed by atoms with Crippen LogP contribution in [0, 0.1) is 17.8 Å². The predicted octanol–water partition coefficient (Wildman–Crippen LogP) is 1.59. The Morgan fingerprint density at radius 3 is 2.97 bits per heavy atom. The minimum absolute atomic E-state index is 0.114. The number of ether oxygens (including phenoxy) is 2. The lowest BCUT2D eigenvalue weighted by molar-refractivity contribution is -0.148. The number of piperidine rings is 1. The number of hydrogen-bond acceptors (Lipinski definition) is 8. The van der Waals surface area contributed by atoms with E-state index in [9.17, 15) is 9.59 Å². The number of fused-ring (bicyclic) bond motifs is 1. The topological polar surface area (TPSA) is 131 Å². The Balaban J connectivity index is 1.43. The number of H-pyrrole nitrogens is 1. The third-order valence-electron chi connectivity index (χ3n) is 6.09. The third kappa shape index (κ3) is 6.65. The van der Waals surface area contributed by atoms with E-state index in [2.05, 4.69) is 31.3 Å². The van der Waals surface area contributed by atoms with Crippen molar-refractivity contribution in [3.8, 4) is 0 Å². The van der Waals surface area contributed by atoms with Gasteiger partial charge >= 0.3 is 12.1 Å². The standard InChI is InChI=1S/C20H34N6O4/c1-3-21-20(28)30-13(2)8-9-29-19(27)17-11-16-10-14(4-6-15(16)12-22-17)5-7-18-23-25-26-24-18/h13-17,22H,3-12H2,1-2H3,(H,21,28)(H,23,24,25,26)/t13-,14+,15-,16+,17-/m0/s1/i17D. The summed E-state index contributed by atoms with van der Waals surface area (Å²) in [6.45, 7) is 4.83. The van der Waals surface area contributed by atoms with E-state index >= 15 is 0 Å². The number of carbonyl (C=O) groups is 2. The normalized spacial score (nSPS) is 29.9. The van der Waals surface area contributed by atoms with Crippen molar-refractivity contribution in [3.63, 3.8) is 0 Å². The lowest BCUT2D eigenvalue weighted by atomic mass is 9.69. The minimum Gasteiger partial charge on any atom is -0.464 e. The summed E-state index contributed by atoms with van der Waals surface area (Å²) >= 11 is 0. The van der Waals surface area contributed by atoms with Crippen molar-refractivity contribution in [2.75, 3.05) is 19.7 Å². The second-order valence-corrected chi connectivity index (χ2v) is 8.30. The van der Waals surface area contributed by atoms with Crippen LogP contribution in [0.3, 0.4) is 0 Å². The molecule has 0 aromatic carbocycles. The van der Waals surface area contributed by atoms with Crippen LogP contribution >= 0.6 is 0 Å². The quantitative estimate of drug-likeness (QED) is 0.510. The maximum Gasteiger partial charge on any atom is 0.407 e. The molecule has 10 heteroatoms. The molecular weight excluding hydrogens is 388 g/mol. The molecule has 1 amide bonds. The molecule has 0 bridgehead atoms. The number of esters is 1. The fraction of sp³-hybridized carbons (Fsp3) is 0.850. The Morgan fingerprint density at radius 1 is 1.33 bits per heavy atom. The van der Waals surface area contributed by atoms with Gasteiger partial charge in [-0.25, -0.2) is 4.79 Å². The molecule has 1 aliphatic carbocycles. The minimum atomic E-state index is -1.42. The second kappa shape index (κ2) is 11.2. The molecule has 30 heavy (non-hydrogen) atoms. The summed E-state index contributed by atoms with van der Waals surface area (Å²) in [4.78, 5) is 24.1. The number of rotatable bonds is 9. The SMILES string of the molecule is [2H][C@@]1(C(=O)OCC[C@H](C)OC(=O)NCC)C[C@H]2C[C@@H](CCc3nn[nH]n3)CC[C@H]2CN1. The molecule has 2 heterocycles. The van der Waals surface area contributed by atoms with Gasteiger partial charge in [0.1, 0.15) is 12.1 Å². The smallest absolute Gasteiger partial charge is 0.407 e. The first-order valence-corrected chi connectivity index (χ1v) is 11.0. The van der Waals surface area contributed by atoms with Crippen LogP contribution in [0.1, 0.15) is 59.6 Å². The van der Waals surface area contributed by atoms with Crippen LogP contribution in [0.2, 0.25) is 0 Å². The number of nitrogens with one attached hydrogen (secondary N) is 3. The van der Waals surface area contributed by atoms with E-state index in [0.29, 0.717) is 43.7 Å². The number of tetrazole rings is 1. The maximum absolute atomic E-state index is 12.6. The first kappa shape index (κ1) is 21.0. The average molecular weight is 424 g/mol. The molecular formula is C20H34N6O4. The van der Waals surface area contributed by atoms with Crippen molar-refractivity contribution in [2.24, 2.45) is 17.8 Å². The van der Waals surface area contributed by atoms with Gasteiger partial charge in [-0.2, -0.15) is 5.21 Å². The number of carbonyl (C=O) groups excluding carboxylic acids is 2. The van der Waals surface area contributed by atoms with E-state index in [0.717, 1.165) is 37.9 Å². The van der Waals surface area contributed by atoms with Gasteiger partial charge < -0.3 is 20.1 Å². The van der Waals surface area contributed by atoms with Gasteiger partial charge in [0.05, 0.1) is 7.98 Å². The Labute approximate surface area is 178 Å². The molecule has 0 spiro atoms. The Morgan fingerprint density at radius 2 is 2.20 bits per heavy atom. The molecule has 168 valence electrons. The van der Waals surface area contributed by atoms with Crippen molar-refractivity contribution < 1.29 is 20.4 Å². The summed E-state index contributed by atoms with van der Waals surface area (Å²) in [5, 5.41) is 19.8. The molecule has 2 aliphatic rings. The number of nitrogens with zero attached hydrogens (tertiary/aromatic N) is 3. The van der Waals surface area contributed by atoms with Gasteiger partial charge in [-0.3, -0.25) is 4.79 Å². The van der Waals surface area contributed by atoms with Crippen LogP contribution in [-0.2, 0) is 20.7 Å². The van der Waals surface area contributed by atoms with E-state index in [1.165, 1.54) is 0 Å². The van der Waals surface area contributed by atoms with Crippen LogP contribution in [-0.4, -0.2) is 64.5 Å². The van der Waals surface area contributed by atoms with Crippen molar-refractivity contribution in [1.29, 1.82) is 0 Å². The number of hydrogen-bond donors (Lipinski definition) is 3. The van der Waals surface area contributed by atoms with Crippen molar-refractivity contribution in [3.05, 3.63) is 5.82 Å². The Bertz CT molecular complexity index is 721. The number of aryl methyl sites for hydroxylation is 1. The molecule has 1 aromatic rings. The zero-order valence-electron chi connectivity index (χ0n) is 18.9. The van der Waals surface area contributed by atoms with Gasteiger partial charge in [-0.1, -0.05) is 11.6 Å². The molecule has 3 N–H and O–H groups in total. The fourth-order valence-electron chi connectivity index (χ4n) is 4.40. The largest absolute Gasteiger partial charge is 0.464 e. The van der Waals surface area contributed by atoms with E-state index in [4.69, 9.17) is 10.8 Å². The summed E-state index contributed by atoms with van der Waals surface area (Å²) in [6, 6.07) is -1.42. The zero-order chi connectivity index (χ0) is 22.3. The van der Waals surface area contributed by atoms with E-state index < -0.39 is 18.1 Å². The first-order valence-electron chi connectivity index (χ1n) is 11.5. The summed E-state index contributed by atoms with van der Waals surface area (Å²) in [6.07, 6.45) is 5.05. The number of alkyl carbamates (subject to hydrolysis) is 1. The monoisotopic (exact) mass is 423 g/mol. The fourth-order valence-corrected chi connectivity index (χ4v) is 4.40. The van der Waals surface area contributed by atoms with Gasteiger partial charge in [0.15, 0.2) is 5.82 Å². The molecule has 5 atom stereocenters. The highest BCUT2D eigenvalue weighted by Gasteiger charge is 2.38. The average Bonchev–Trinajstić information content (AvgIpc) is 3.25. The third-order valence-corrected chi connectivity index (χ3v) is 6.09. The molecule has 0 radical (unpaired) electrons. The summed E-state index contributed by atoms with van der Waals surface area (Å²) in [7, 11) is 0. The molecule has 1 aromatic heterocycles. The Kier molecular flexibility index (Phi) is 7.88. The van der Waals surface area contributed by atoms with Crippen molar-refractivity contribution >= 4 is 12.1 Å². The summed E-state index contributed by atoms with van der Waals surface area (Å²) < 4.78 is 19.2. The van der Waals surface area contributed by atoms with Crippen LogP contribution in [0.5, 0.6) is 0 Å². The molecule has 3 rings (SSSR count). The molecule has 1 saturated heterocycles. The molecule has 2 fully saturated rings. The van der Waals surface area contributed by atoms with Gasteiger partial charge in [0.2, 0.25) is 0 Å². The zero-order valence-corrected chi connectivity index (χ0v) is 17.9. The maximum atomic E-state index is 12.6. The molecule has 10 nitrogen and oxygen atoms in total. The van der Waals surface area contributed by atoms with Crippen molar-refractivity contribution in [2.45, 2.75) is 70.9 Å². The van der Waals surface area contributed by atoms with E-state index in [1.54, 1.807) is 6.92 Å². The molecule has 0 unspecified atom stereocenters. The van der Waals surface area contributed by atoms with Gasteiger partial charge in [-0.05, 0) is 63.8 Å². The molecule has 1 saturated carbocycles. The lowest BCUT2D eigenvalue weighted by Crippen LogP contribution is -2.50. The number of aromatic nitrogens is 4. The van der Waals surface area contributed by atoms with Crippen LogP contribution in [0.25, 0.3) is 0 Å². The van der Waals surface area contributed by atoms with Crippen molar-refractivity contribution in [1.82, 2.24) is 31.3 Å². The van der Waals surface area contributed by atoms with Crippen LogP contribution in [0.4, 0.5) is 4.79 Å². The van der Waals surface area contributed by atoms with Crippen LogP contribution in [0.15, 0.2) is 0 Å². The van der Waals surface area contributed by atoms with E-state index in [-0.39, 0.29) is 12.7 Å². The first-order chi connectivity index (χ1) is 14.9. The summed E-state index contributed by atoms with van der Waals surface area (Å²) in [5.74, 6) is 1.56. The predicted molar refractivity (Wildman–Crippen MR) is 108 cm³/mol. The molecule has 1 aliphatic heterocycles. The van der Waals surface area contributed by atoms with Gasteiger partial charge in [0.25, 0.3) is 0 Å². The van der Waals surface area contributed by atoms with Gasteiger partial charge in [-0.15, -0.1) is 10.2 Å². The highest BCUT2D eigenvalue weighted by atomic mass is 16.6. The van der Waals surface area contributed by atoms with E-state index in [1.807, 2.05) is 6.92 Å². The second-order valence-electron chi connectivity index (χ2n) is 8.30. The lowest BCUT2D eigenvalue weighted by Gasteiger charge is -2.42. The van der Waals surface area contributed by atoms with Gasteiger partial charge in [0, 0.05) is 19.4 Å². The summed E-state index contributed by atoms with van der Waals surface area (Å²) in [5.41, 5.74) is 0. The number of amides is 1. The number of aromatic amines is 1. The highest BCUT2D eigenvalue weighted by molar-refractivity contribution is 5.76. The van der Waals surface area contributed by atoms with Crippen LogP contribution < -0.4 is 10.6 Å². The Hall–Kier alpha value is -2.23.